The van der Waals surface area contributed by atoms with Gasteiger partial charge >= 0.3 is 18.2 Å². The van der Waals surface area contributed by atoms with Crippen LogP contribution in [-0.4, -0.2) is 57.9 Å². The molecule has 0 aliphatic carbocycles. The van der Waals surface area contributed by atoms with Crippen LogP contribution in [0.3, 0.4) is 0 Å². The van der Waals surface area contributed by atoms with E-state index in [1.165, 1.54) is 6.92 Å². The van der Waals surface area contributed by atoms with E-state index in [1.54, 1.807) is 20.0 Å². The van der Waals surface area contributed by atoms with Gasteiger partial charge in [0, 0.05) is 36.9 Å². The van der Waals surface area contributed by atoms with Gasteiger partial charge in [0.1, 0.15) is 6.04 Å². The van der Waals surface area contributed by atoms with Crippen molar-refractivity contribution in [3.63, 3.8) is 0 Å². The van der Waals surface area contributed by atoms with E-state index in [-0.39, 0.29) is 19.3 Å². The summed E-state index contributed by atoms with van der Waals surface area (Å²) in [4.78, 5) is 54.4. The number of Topliss-reactive ketones (excluding diaryl/α,β-unsaturated/α-hetero) is 1. The molecule has 10 heteroatoms. The number of para-hydroxylation sites is 1. The van der Waals surface area contributed by atoms with Crippen LogP contribution < -0.4 is 5.32 Å². The van der Waals surface area contributed by atoms with Gasteiger partial charge in [-0.3, -0.25) is 14.4 Å². The van der Waals surface area contributed by atoms with Crippen LogP contribution in [0.2, 0.25) is 0 Å². The van der Waals surface area contributed by atoms with E-state index in [2.05, 4.69) is 15.1 Å². The van der Waals surface area contributed by atoms with Crippen molar-refractivity contribution >= 4 is 40.7 Å². The molecule has 0 saturated carbocycles. The fourth-order valence-corrected chi connectivity index (χ4v) is 3.13. The van der Waals surface area contributed by atoms with Gasteiger partial charge < -0.3 is 25.3 Å². The molecule has 0 aliphatic rings. The molecule has 2 N–H and O–H groups in total. The minimum Gasteiger partial charge on any atom is -0.461 e. The van der Waals surface area contributed by atoms with Crippen LogP contribution in [-0.2, 0) is 35.1 Å². The summed E-state index contributed by atoms with van der Waals surface area (Å²) in [6.45, 7) is 4.49. The number of hydrogen-bond acceptors (Lipinski definition) is 6. The van der Waals surface area contributed by atoms with Crippen molar-refractivity contribution in [2.24, 2.45) is 0 Å². The Hall–Kier alpha value is -3.78. The fraction of sp³-hybridized carbons (Fsp3) is 0.409. The van der Waals surface area contributed by atoms with Crippen LogP contribution in [0.15, 0.2) is 30.5 Å². The van der Waals surface area contributed by atoms with Crippen LogP contribution in [0.4, 0.5) is 0 Å². The average Bonchev–Trinajstić information content (AvgIpc) is 3.12. The van der Waals surface area contributed by atoms with Gasteiger partial charge in [-0.2, -0.15) is 4.79 Å². The molecule has 0 unspecified atom stereocenters. The highest BCUT2D eigenvalue weighted by molar-refractivity contribution is 6.25. The van der Waals surface area contributed by atoms with Gasteiger partial charge in [-0.1, -0.05) is 18.2 Å². The third-order valence-corrected chi connectivity index (χ3v) is 4.51. The summed E-state index contributed by atoms with van der Waals surface area (Å²) in [5.41, 5.74) is 10.1. The Morgan fingerprint density at radius 1 is 1.19 bits per heavy atom. The number of benzene rings is 1. The van der Waals surface area contributed by atoms with E-state index in [1.807, 2.05) is 24.3 Å². The Morgan fingerprint density at radius 2 is 1.91 bits per heavy atom. The molecule has 32 heavy (non-hydrogen) atoms. The molecule has 0 radical (unpaired) electrons. The summed E-state index contributed by atoms with van der Waals surface area (Å²) in [6, 6.07) is 6.32. The van der Waals surface area contributed by atoms with Crippen molar-refractivity contribution < 1.29 is 33.4 Å². The molecule has 0 saturated heterocycles. The topological polar surface area (TPSA) is 151 Å². The van der Waals surface area contributed by atoms with Crippen molar-refractivity contribution in [2.75, 3.05) is 0 Å². The first-order valence-electron chi connectivity index (χ1n) is 10.1. The predicted molar refractivity (Wildman–Crippen MR) is 115 cm³/mol. The number of nitrogens with zero attached hydrogens (tertiary/aromatic N) is 2. The third kappa shape index (κ3) is 7.17. The molecule has 0 bridgehead atoms. The minimum absolute atomic E-state index is 0.0808. The Kier molecular flexibility index (Phi) is 8.85. The Morgan fingerprint density at radius 3 is 2.56 bits per heavy atom. The quantitative estimate of drug-likeness (QED) is 0.234. The number of aromatic nitrogens is 1. The summed E-state index contributed by atoms with van der Waals surface area (Å²) < 4.78 is 10.4. The molecule has 10 nitrogen and oxygen atoms in total. The molecule has 2 atom stereocenters. The molecule has 1 aromatic heterocycles. The maximum atomic E-state index is 13.0. The van der Waals surface area contributed by atoms with E-state index < -0.39 is 41.9 Å². The molecule has 0 aliphatic heterocycles. The Labute approximate surface area is 184 Å². The van der Waals surface area contributed by atoms with Crippen molar-refractivity contribution in [2.45, 2.75) is 58.3 Å². The van der Waals surface area contributed by atoms with E-state index in [4.69, 9.17) is 15.0 Å². The zero-order chi connectivity index (χ0) is 23.7. The van der Waals surface area contributed by atoms with E-state index in [0.29, 0.717) is 6.21 Å². The van der Waals surface area contributed by atoms with Crippen LogP contribution >= 0.6 is 0 Å². The highest BCUT2D eigenvalue weighted by atomic mass is 16.6. The number of carbonyl (C=O) groups is 4. The standard InChI is InChI=1S/C22H26N4O6/c1-13(2)31-22(30)19(9-8-16(28)12-25-23)26-21(29)20(32-14(3)27)10-15-11-24-18-7-5-4-6-17(15)18/h4-7,11-13,19-20,24H,8-10H2,1-3H3,(H,26,29)/t19-,20-/m0/s1. The molecule has 170 valence electrons. The first kappa shape index (κ1) is 24.5. The van der Waals surface area contributed by atoms with E-state index in [0.717, 1.165) is 16.5 Å². The number of carbonyl (C=O) groups excluding carboxylic acids is 4. The van der Waals surface area contributed by atoms with Gasteiger partial charge in [-0.05, 0) is 31.9 Å². The van der Waals surface area contributed by atoms with Crippen LogP contribution in [0.1, 0.15) is 39.2 Å². The number of ether oxygens (including phenoxy) is 2. The van der Waals surface area contributed by atoms with Gasteiger partial charge in [0.25, 0.3) is 5.91 Å². The molecular formula is C22H26N4O6. The molecule has 2 aromatic rings. The lowest BCUT2D eigenvalue weighted by atomic mass is 10.0. The molecule has 1 aromatic carbocycles. The fourth-order valence-electron chi connectivity index (χ4n) is 3.13. The monoisotopic (exact) mass is 442 g/mol. The number of fused-ring (bicyclic) bond motifs is 1. The number of hydrogen-bond donors (Lipinski definition) is 2. The number of ketones is 1. The van der Waals surface area contributed by atoms with Gasteiger partial charge in [0.05, 0.1) is 6.10 Å². The summed E-state index contributed by atoms with van der Waals surface area (Å²) in [5, 5.41) is 3.40. The second-order valence-electron chi connectivity index (χ2n) is 7.46. The molecule has 0 spiro atoms. The number of H-pyrrole nitrogens is 1. The normalized spacial score (nSPS) is 12.5. The lowest BCUT2D eigenvalue weighted by molar-refractivity contribution is -0.156. The first-order valence-corrected chi connectivity index (χ1v) is 10.1. The smallest absolute Gasteiger partial charge is 0.328 e. The van der Waals surface area contributed by atoms with Crippen LogP contribution in [0, 0.1) is 0 Å². The summed E-state index contributed by atoms with van der Waals surface area (Å²) in [6.07, 6.45) is 0.641. The molecule has 1 heterocycles. The summed E-state index contributed by atoms with van der Waals surface area (Å²) in [5.74, 6) is -2.60. The van der Waals surface area contributed by atoms with Gasteiger partial charge in [0.15, 0.2) is 6.10 Å². The van der Waals surface area contributed by atoms with Gasteiger partial charge in [-0.25, -0.2) is 4.79 Å². The van der Waals surface area contributed by atoms with Gasteiger partial charge in [0.2, 0.25) is 5.78 Å². The van der Waals surface area contributed by atoms with Crippen molar-refractivity contribution in [1.82, 2.24) is 10.3 Å². The zero-order valence-corrected chi connectivity index (χ0v) is 18.2. The minimum atomic E-state index is -1.20. The second kappa shape index (κ2) is 11.6. The van der Waals surface area contributed by atoms with Crippen molar-refractivity contribution in [3.8, 4) is 0 Å². The van der Waals surface area contributed by atoms with E-state index in [9.17, 15) is 19.2 Å². The second-order valence-corrected chi connectivity index (χ2v) is 7.46. The molecule has 2 rings (SSSR count). The third-order valence-electron chi connectivity index (χ3n) is 4.51. The first-order chi connectivity index (χ1) is 15.2. The SMILES string of the molecule is CC(=O)O[C@@H](Cc1c[nH]c2ccccc12)C(=O)N[C@@H](CCC(=O)C=[N+]=[N-])C(=O)OC(C)C. The number of amides is 1. The van der Waals surface area contributed by atoms with Crippen LogP contribution in [0.25, 0.3) is 16.4 Å². The molecular weight excluding hydrogens is 416 g/mol. The number of nitrogens with one attached hydrogen (secondary N) is 2. The Bertz CT molecular complexity index is 1040. The molecule has 0 fully saturated rings. The maximum Gasteiger partial charge on any atom is 0.328 e. The van der Waals surface area contributed by atoms with Crippen molar-refractivity contribution in [1.29, 1.82) is 0 Å². The number of esters is 2. The number of aromatic amines is 1. The van der Waals surface area contributed by atoms with Crippen LogP contribution in [0.5, 0.6) is 0 Å². The Balaban J connectivity index is 2.20. The lowest BCUT2D eigenvalue weighted by Crippen LogP contribution is -2.48. The highest BCUT2D eigenvalue weighted by Gasteiger charge is 2.30. The van der Waals surface area contributed by atoms with Crippen molar-refractivity contribution in [3.05, 3.63) is 41.6 Å². The zero-order valence-electron chi connectivity index (χ0n) is 18.2. The number of rotatable bonds is 11. The largest absolute Gasteiger partial charge is 0.461 e. The lowest BCUT2D eigenvalue weighted by Gasteiger charge is -2.22. The highest BCUT2D eigenvalue weighted by Crippen LogP contribution is 2.20. The summed E-state index contributed by atoms with van der Waals surface area (Å²) >= 11 is 0. The summed E-state index contributed by atoms with van der Waals surface area (Å²) in [7, 11) is 0. The molecule has 1 amide bonds. The predicted octanol–water partition coefficient (Wildman–Crippen LogP) is 1.73. The van der Waals surface area contributed by atoms with E-state index >= 15 is 0 Å². The van der Waals surface area contributed by atoms with Gasteiger partial charge in [-0.15, -0.1) is 0 Å². The maximum absolute atomic E-state index is 13.0. The average molecular weight is 442 g/mol.